The number of nitrogens with one attached hydrogen (secondary N) is 2. The van der Waals surface area contributed by atoms with Crippen molar-refractivity contribution in [3.63, 3.8) is 0 Å². The van der Waals surface area contributed by atoms with E-state index >= 15 is 0 Å². The van der Waals surface area contributed by atoms with Crippen LogP contribution >= 0.6 is 11.6 Å². The van der Waals surface area contributed by atoms with E-state index < -0.39 is 0 Å². The molecule has 2 aliphatic rings. The van der Waals surface area contributed by atoms with Crippen molar-refractivity contribution in [3.05, 3.63) is 34.9 Å². The molecule has 0 spiro atoms. The minimum absolute atomic E-state index is 0.0878. The van der Waals surface area contributed by atoms with Gasteiger partial charge in [-0.25, -0.2) is 0 Å². The smallest absolute Gasteiger partial charge is 0.224 e. The predicted molar refractivity (Wildman–Crippen MR) is 90.2 cm³/mol. The Bertz CT molecular complexity index is 502. The summed E-state index contributed by atoms with van der Waals surface area (Å²) in [5.41, 5.74) is 1.41. The van der Waals surface area contributed by atoms with Crippen molar-refractivity contribution in [3.8, 4) is 0 Å². The SMILES string of the molecule is O=C(NCC1(c2ccc(Cl)cc2)CCCCC1)C1CCNC1. The van der Waals surface area contributed by atoms with Gasteiger partial charge in [0.05, 0.1) is 5.92 Å². The maximum Gasteiger partial charge on any atom is 0.224 e. The van der Waals surface area contributed by atoms with Crippen molar-refractivity contribution >= 4 is 17.5 Å². The molecule has 1 amide bonds. The predicted octanol–water partition coefficient (Wildman–Crippen LogP) is 3.27. The molecule has 0 aromatic heterocycles. The normalized spacial score (nSPS) is 24.1. The first-order chi connectivity index (χ1) is 10.7. The highest BCUT2D eigenvalue weighted by Crippen LogP contribution is 2.39. The molecule has 1 aromatic rings. The zero-order valence-electron chi connectivity index (χ0n) is 13.0. The number of halogens is 1. The van der Waals surface area contributed by atoms with Crippen molar-refractivity contribution in [1.82, 2.24) is 10.6 Å². The van der Waals surface area contributed by atoms with Crippen LogP contribution in [0, 0.1) is 5.92 Å². The van der Waals surface area contributed by atoms with Gasteiger partial charge in [-0.2, -0.15) is 0 Å². The Morgan fingerprint density at radius 1 is 1.23 bits per heavy atom. The second-order valence-corrected chi connectivity index (χ2v) is 7.19. The van der Waals surface area contributed by atoms with Crippen LogP contribution in [0.3, 0.4) is 0 Å². The molecule has 1 saturated carbocycles. The van der Waals surface area contributed by atoms with Gasteiger partial charge >= 0.3 is 0 Å². The van der Waals surface area contributed by atoms with Crippen molar-refractivity contribution in [2.75, 3.05) is 19.6 Å². The zero-order valence-corrected chi connectivity index (χ0v) is 13.8. The van der Waals surface area contributed by atoms with Crippen LogP contribution < -0.4 is 10.6 Å². The van der Waals surface area contributed by atoms with Gasteiger partial charge in [0.1, 0.15) is 0 Å². The molecule has 3 rings (SSSR count). The Balaban J connectivity index is 1.71. The lowest BCUT2D eigenvalue weighted by molar-refractivity contribution is -0.124. The lowest BCUT2D eigenvalue weighted by Crippen LogP contribution is -2.44. The van der Waals surface area contributed by atoms with Crippen LogP contribution in [-0.4, -0.2) is 25.5 Å². The van der Waals surface area contributed by atoms with E-state index in [0.717, 1.165) is 43.9 Å². The number of hydrogen-bond donors (Lipinski definition) is 2. The van der Waals surface area contributed by atoms with Crippen LogP contribution in [0.4, 0.5) is 0 Å². The fourth-order valence-electron chi connectivity index (χ4n) is 3.88. The van der Waals surface area contributed by atoms with E-state index in [1.807, 2.05) is 12.1 Å². The van der Waals surface area contributed by atoms with Gasteiger partial charge in [0.25, 0.3) is 0 Å². The second kappa shape index (κ2) is 7.01. The summed E-state index contributed by atoms with van der Waals surface area (Å²) in [5.74, 6) is 0.356. The molecular formula is C18H25ClN2O. The maximum atomic E-state index is 12.3. The van der Waals surface area contributed by atoms with Gasteiger partial charge in [0.15, 0.2) is 0 Å². The number of hydrogen-bond acceptors (Lipinski definition) is 2. The van der Waals surface area contributed by atoms with E-state index in [2.05, 4.69) is 22.8 Å². The Morgan fingerprint density at radius 2 is 1.95 bits per heavy atom. The molecule has 2 N–H and O–H groups in total. The summed E-state index contributed by atoms with van der Waals surface area (Å²) >= 11 is 6.03. The van der Waals surface area contributed by atoms with Crippen LogP contribution in [0.15, 0.2) is 24.3 Å². The monoisotopic (exact) mass is 320 g/mol. The Labute approximate surface area is 137 Å². The molecule has 3 nitrogen and oxygen atoms in total. The quantitative estimate of drug-likeness (QED) is 0.894. The highest BCUT2D eigenvalue weighted by Gasteiger charge is 2.35. The largest absolute Gasteiger partial charge is 0.355 e. The van der Waals surface area contributed by atoms with Gasteiger partial charge in [0.2, 0.25) is 5.91 Å². The van der Waals surface area contributed by atoms with E-state index in [1.165, 1.54) is 24.8 Å². The fourth-order valence-corrected chi connectivity index (χ4v) is 4.00. The Kier molecular flexibility index (Phi) is 5.04. The average Bonchev–Trinajstić information content (AvgIpc) is 3.09. The van der Waals surface area contributed by atoms with Gasteiger partial charge in [-0.05, 0) is 43.5 Å². The Hall–Kier alpha value is -1.06. The lowest BCUT2D eigenvalue weighted by Gasteiger charge is -2.38. The highest BCUT2D eigenvalue weighted by atomic mass is 35.5. The number of benzene rings is 1. The Morgan fingerprint density at radius 3 is 2.59 bits per heavy atom. The third-order valence-corrected chi connectivity index (χ3v) is 5.55. The standard InChI is InChI=1S/C18H25ClN2O/c19-16-6-4-15(5-7-16)18(9-2-1-3-10-18)13-21-17(22)14-8-11-20-12-14/h4-7,14,20H,1-3,8-13H2,(H,21,22). The molecule has 1 atom stereocenters. The first-order valence-corrected chi connectivity index (χ1v) is 8.82. The maximum absolute atomic E-state index is 12.3. The summed E-state index contributed by atoms with van der Waals surface area (Å²) in [6, 6.07) is 8.21. The molecule has 0 bridgehead atoms. The molecule has 4 heteroatoms. The summed E-state index contributed by atoms with van der Waals surface area (Å²) in [5, 5.41) is 7.27. The molecule has 1 aliphatic carbocycles. The minimum Gasteiger partial charge on any atom is -0.355 e. The third-order valence-electron chi connectivity index (χ3n) is 5.30. The highest BCUT2D eigenvalue weighted by molar-refractivity contribution is 6.30. The summed E-state index contributed by atoms with van der Waals surface area (Å²) in [6.07, 6.45) is 7.04. The zero-order chi connectivity index (χ0) is 15.4. The van der Waals surface area contributed by atoms with Gasteiger partial charge in [-0.15, -0.1) is 0 Å². The molecule has 120 valence electrons. The van der Waals surface area contributed by atoms with Gasteiger partial charge in [-0.3, -0.25) is 4.79 Å². The summed E-state index contributed by atoms with van der Waals surface area (Å²) in [6.45, 7) is 2.53. The van der Waals surface area contributed by atoms with Crippen LogP contribution in [0.5, 0.6) is 0 Å². The molecule has 1 unspecified atom stereocenters. The molecule has 1 aliphatic heterocycles. The molecule has 2 fully saturated rings. The molecule has 0 radical (unpaired) electrons. The lowest BCUT2D eigenvalue weighted by atomic mass is 9.69. The number of amides is 1. The van der Waals surface area contributed by atoms with E-state index in [-0.39, 0.29) is 17.2 Å². The first-order valence-electron chi connectivity index (χ1n) is 8.44. The van der Waals surface area contributed by atoms with Gasteiger partial charge < -0.3 is 10.6 Å². The van der Waals surface area contributed by atoms with Gasteiger partial charge in [-0.1, -0.05) is 43.0 Å². The van der Waals surface area contributed by atoms with Crippen LogP contribution in [0.2, 0.25) is 5.02 Å². The van der Waals surface area contributed by atoms with E-state index in [1.54, 1.807) is 0 Å². The van der Waals surface area contributed by atoms with E-state index in [0.29, 0.717) is 0 Å². The first kappa shape index (κ1) is 15.8. The van der Waals surface area contributed by atoms with Crippen LogP contribution in [-0.2, 0) is 10.2 Å². The van der Waals surface area contributed by atoms with Crippen molar-refractivity contribution in [1.29, 1.82) is 0 Å². The van der Waals surface area contributed by atoms with Crippen molar-refractivity contribution in [2.45, 2.75) is 43.9 Å². The summed E-state index contributed by atoms with van der Waals surface area (Å²) in [7, 11) is 0. The third kappa shape index (κ3) is 3.47. The fraction of sp³-hybridized carbons (Fsp3) is 0.611. The molecular weight excluding hydrogens is 296 g/mol. The number of rotatable bonds is 4. The number of carbonyl (C=O) groups excluding carboxylic acids is 1. The van der Waals surface area contributed by atoms with Crippen LogP contribution in [0.1, 0.15) is 44.1 Å². The molecule has 1 saturated heterocycles. The van der Waals surface area contributed by atoms with Crippen molar-refractivity contribution in [2.24, 2.45) is 5.92 Å². The number of carbonyl (C=O) groups is 1. The average molecular weight is 321 g/mol. The van der Waals surface area contributed by atoms with E-state index in [4.69, 9.17) is 11.6 Å². The van der Waals surface area contributed by atoms with E-state index in [9.17, 15) is 4.79 Å². The minimum atomic E-state index is 0.0878. The van der Waals surface area contributed by atoms with Crippen molar-refractivity contribution < 1.29 is 4.79 Å². The molecule has 1 heterocycles. The van der Waals surface area contributed by atoms with Gasteiger partial charge in [0, 0.05) is 23.5 Å². The summed E-state index contributed by atoms with van der Waals surface area (Å²) < 4.78 is 0. The van der Waals surface area contributed by atoms with Crippen LogP contribution in [0.25, 0.3) is 0 Å². The summed E-state index contributed by atoms with van der Waals surface area (Å²) in [4.78, 5) is 12.3. The topological polar surface area (TPSA) is 41.1 Å². The molecule has 22 heavy (non-hydrogen) atoms. The molecule has 1 aromatic carbocycles. The second-order valence-electron chi connectivity index (χ2n) is 6.76.